The molecule has 0 aliphatic rings. The minimum Gasteiger partial charge on any atom is -0.404 e. The van der Waals surface area contributed by atoms with Gasteiger partial charge in [-0.3, -0.25) is 20.2 Å². The maximum atomic E-state index is 13.6. The van der Waals surface area contributed by atoms with Crippen molar-refractivity contribution < 1.29 is 9.18 Å². The Morgan fingerprint density at radius 1 is 1.15 bits per heavy atom. The third kappa shape index (κ3) is 5.81. The predicted molar refractivity (Wildman–Crippen MR) is 128 cm³/mol. The molecule has 0 saturated heterocycles. The molecule has 7 nitrogen and oxygen atoms in total. The highest BCUT2D eigenvalue weighted by atomic mass is 35.5. The molecule has 0 atom stereocenters. The molecular weight excluding hydrogens is 443 g/mol. The lowest BCUT2D eigenvalue weighted by Gasteiger charge is -2.24. The predicted octanol–water partition coefficient (Wildman–Crippen LogP) is 4.16. The summed E-state index contributed by atoms with van der Waals surface area (Å²) in [6.07, 6.45) is 3.12. The van der Waals surface area contributed by atoms with Crippen LogP contribution in [0.4, 0.5) is 10.1 Å². The molecule has 0 bridgehead atoms. The van der Waals surface area contributed by atoms with Crippen molar-refractivity contribution in [1.82, 2.24) is 4.57 Å². The van der Waals surface area contributed by atoms with Crippen molar-refractivity contribution in [2.24, 2.45) is 5.73 Å². The Morgan fingerprint density at radius 3 is 2.52 bits per heavy atom. The number of anilines is 1. The quantitative estimate of drug-likeness (QED) is 0.310. The highest BCUT2D eigenvalue weighted by molar-refractivity contribution is 6.30. The summed E-state index contributed by atoms with van der Waals surface area (Å²) in [5, 5.41) is 24.1. The molecule has 0 fully saturated rings. The molecule has 0 aliphatic carbocycles. The monoisotopic (exact) mass is 464 g/mol. The van der Waals surface area contributed by atoms with Crippen molar-refractivity contribution in [2.75, 3.05) is 4.90 Å². The van der Waals surface area contributed by atoms with E-state index >= 15 is 0 Å². The van der Waals surface area contributed by atoms with E-state index in [1.165, 1.54) is 17.2 Å². The fourth-order valence-corrected chi connectivity index (χ4v) is 3.44. The molecule has 33 heavy (non-hydrogen) atoms. The van der Waals surface area contributed by atoms with Crippen molar-refractivity contribution in [1.29, 1.82) is 16.2 Å². The molecule has 1 heterocycles. The number of hydrogen-bond donors (Lipinski definition) is 4. The number of rotatable bonds is 7. The summed E-state index contributed by atoms with van der Waals surface area (Å²) in [7, 11) is 0. The lowest BCUT2D eigenvalue weighted by molar-refractivity contribution is -0.117. The van der Waals surface area contributed by atoms with Crippen LogP contribution in [0.1, 0.15) is 17.5 Å². The molecule has 168 valence electrons. The first kappa shape index (κ1) is 23.6. The van der Waals surface area contributed by atoms with Crippen LogP contribution in [0.5, 0.6) is 0 Å². The average Bonchev–Trinajstić information content (AvgIpc) is 2.80. The Kier molecular flexibility index (Phi) is 7.53. The van der Waals surface area contributed by atoms with Gasteiger partial charge < -0.3 is 16.0 Å². The van der Waals surface area contributed by atoms with Crippen molar-refractivity contribution in [3.8, 4) is 0 Å². The number of amides is 1. The lowest BCUT2D eigenvalue weighted by Crippen LogP contribution is -2.35. The zero-order valence-electron chi connectivity index (χ0n) is 17.6. The van der Waals surface area contributed by atoms with E-state index in [-0.39, 0.29) is 24.3 Å². The van der Waals surface area contributed by atoms with E-state index in [9.17, 15) is 9.18 Å². The van der Waals surface area contributed by atoms with Gasteiger partial charge in [-0.2, -0.15) is 0 Å². The fourth-order valence-electron chi connectivity index (χ4n) is 3.22. The highest BCUT2D eigenvalue weighted by Crippen LogP contribution is 2.23. The van der Waals surface area contributed by atoms with Crippen LogP contribution in [-0.2, 0) is 11.3 Å². The first-order valence-corrected chi connectivity index (χ1v) is 10.3. The topological polar surface area (TPSA) is 123 Å². The van der Waals surface area contributed by atoms with Gasteiger partial charge in [-0.15, -0.1) is 0 Å². The van der Waals surface area contributed by atoms with Gasteiger partial charge in [-0.1, -0.05) is 35.9 Å². The summed E-state index contributed by atoms with van der Waals surface area (Å²) in [6.45, 7) is 0.192. The van der Waals surface area contributed by atoms with Gasteiger partial charge in [0.25, 0.3) is 0 Å². The second-order valence-electron chi connectivity index (χ2n) is 7.15. The minimum atomic E-state index is -0.607. The standard InChI is InChI=1S/C24H22ClFN6O/c25-19-3-1-2-16(10-19)14-31(21-7-4-17(5-8-21)18(12-27)13-28)24(33)11-23(30)32-15-20(26)6-9-22(32)29/h1-10,12-13,15,27,29-30H,11,14,28H2/b18-13+,27-12?,29-22?,30-23?. The molecule has 1 amide bonds. The number of hydrogen-bond acceptors (Lipinski definition) is 5. The van der Waals surface area contributed by atoms with E-state index in [0.717, 1.165) is 28.6 Å². The summed E-state index contributed by atoms with van der Waals surface area (Å²) in [5.74, 6) is -1.25. The van der Waals surface area contributed by atoms with E-state index in [2.05, 4.69) is 0 Å². The van der Waals surface area contributed by atoms with Gasteiger partial charge in [0.2, 0.25) is 5.91 Å². The molecule has 0 spiro atoms. The minimum absolute atomic E-state index is 0.104. The van der Waals surface area contributed by atoms with Crippen LogP contribution < -0.4 is 16.1 Å². The average molecular weight is 465 g/mol. The number of benzene rings is 2. The van der Waals surface area contributed by atoms with Crippen molar-refractivity contribution in [3.05, 3.63) is 101 Å². The maximum Gasteiger partial charge on any atom is 0.234 e. The SMILES string of the molecule is N=C/C(=C\N)c1ccc(N(Cc2cccc(Cl)c2)C(=O)CC(=N)n2cc(F)ccc2=N)cc1. The van der Waals surface area contributed by atoms with Crippen LogP contribution in [0.25, 0.3) is 5.57 Å². The normalized spacial score (nSPS) is 11.2. The number of nitrogens with one attached hydrogen (secondary N) is 3. The number of allylic oxidation sites excluding steroid dienone is 1. The summed E-state index contributed by atoms with van der Waals surface area (Å²) in [4.78, 5) is 14.8. The zero-order valence-corrected chi connectivity index (χ0v) is 18.3. The smallest absolute Gasteiger partial charge is 0.234 e. The molecule has 1 aromatic heterocycles. The van der Waals surface area contributed by atoms with Crippen LogP contribution in [0.3, 0.4) is 0 Å². The molecule has 2 aromatic carbocycles. The Bertz CT molecular complexity index is 1280. The van der Waals surface area contributed by atoms with E-state index in [4.69, 9.17) is 33.6 Å². The van der Waals surface area contributed by atoms with Crippen LogP contribution in [0.2, 0.25) is 5.02 Å². The Morgan fingerprint density at radius 2 is 1.88 bits per heavy atom. The molecule has 0 radical (unpaired) electrons. The summed E-state index contributed by atoms with van der Waals surface area (Å²) >= 11 is 6.10. The summed E-state index contributed by atoms with van der Waals surface area (Å²) in [5.41, 5.74) is 8.04. The number of aromatic nitrogens is 1. The van der Waals surface area contributed by atoms with Gasteiger partial charge >= 0.3 is 0 Å². The van der Waals surface area contributed by atoms with E-state index < -0.39 is 11.7 Å². The first-order chi connectivity index (χ1) is 15.8. The fraction of sp³-hybridized carbons (Fsp3) is 0.0833. The number of pyridine rings is 1. The van der Waals surface area contributed by atoms with Crippen LogP contribution >= 0.6 is 11.6 Å². The number of carbonyl (C=O) groups excluding carboxylic acids is 1. The lowest BCUT2D eigenvalue weighted by atomic mass is 10.1. The third-order valence-corrected chi connectivity index (χ3v) is 5.14. The Balaban J connectivity index is 1.93. The maximum absolute atomic E-state index is 13.6. The van der Waals surface area contributed by atoms with Gasteiger partial charge in [0.05, 0.1) is 13.0 Å². The van der Waals surface area contributed by atoms with E-state index in [1.54, 1.807) is 42.5 Å². The summed E-state index contributed by atoms with van der Waals surface area (Å²) in [6, 6.07) is 16.4. The molecule has 5 N–H and O–H groups in total. The van der Waals surface area contributed by atoms with Crippen molar-refractivity contribution >= 4 is 40.8 Å². The van der Waals surface area contributed by atoms with Crippen LogP contribution in [0.15, 0.2) is 73.1 Å². The molecule has 0 saturated carbocycles. The number of nitrogens with two attached hydrogens (primary N) is 1. The molecular formula is C24H22ClFN6O. The number of halogens is 2. The second-order valence-corrected chi connectivity index (χ2v) is 7.59. The zero-order chi connectivity index (χ0) is 24.0. The first-order valence-electron chi connectivity index (χ1n) is 9.90. The van der Waals surface area contributed by atoms with E-state index in [0.29, 0.717) is 21.8 Å². The van der Waals surface area contributed by atoms with Gasteiger partial charge in [0, 0.05) is 34.9 Å². The molecule has 0 aliphatic heterocycles. The van der Waals surface area contributed by atoms with Crippen molar-refractivity contribution in [3.63, 3.8) is 0 Å². The van der Waals surface area contributed by atoms with Crippen LogP contribution in [-0.4, -0.2) is 22.5 Å². The Hall–Kier alpha value is -4.04. The largest absolute Gasteiger partial charge is 0.404 e. The Labute approximate surface area is 195 Å². The highest BCUT2D eigenvalue weighted by Gasteiger charge is 2.19. The van der Waals surface area contributed by atoms with Crippen LogP contribution in [0, 0.1) is 22.0 Å². The third-order valence-electron chi connectivity index (χ3n) is 4.90. The number of nitrogens with zero attached hydrogens (tertiary/aromatic N) is 2. The van der Waals surface area contributed by atoms with Gasteiger partial charge in [-0.05, 0) is 47.5 Å². The molecule has 3 aromatic rings. The molecule has 3 rings (SSSR count). The molecule has 9 heteroatoms. The summed E-state index contributed by atoms with van der Waals surface area (Å²) < 4.78 is 14.6. The van der Waals surface area contributed by atoms with Gasteiger partial charge in [-0.25, -0.2) is 4.39 Å². The van der Waals surface area contributed by atoms with Crippen molar-refractivity contribution in [2.45, 2.75) is 13.0 Å². The van der Waals surface area contributed by atoms with Gasteiger partial charge in [0.1, 0.15) is 17.1 Å². The van der Waals surface area contributed by atoms with E-state index in [1.807, 2.05) is 6.07 Å². The second kappa shape index (κ2) is 10.5. The number of carbonyl (C=O) groups is 1. The molecule has 0 unspecified atom stereocenters. The van der Waals surface area contributed by atoms with Gasteiger partial charge in [0.15, 0.2) is 0 Å².